The number of nitrogens with zero attached hydrogens (tertiary/aromatic N) is 2. The van der Waals surface area contributed by atoms with Gasteiger partial charge in [0, 0.05) is 17.9 Å². The molecular weight excluding hydrogens is 404 g/mol. The number of thioether (sulfide) groups is 1. The molecule has 0 aliphatic rings. The topological polar surface area (TPSA) is 35.0 Å². The van der Waals surface area contributed by atoms with Crippen molar-refractivity contribution in [1.29, 1.82) is 0 Å². The Labute approximate surface area is 170 Å². The van der Waals surface area contributed by atoms with Crippen LogP contribution in [0.3, 0.4) is 0 Å². The molecule has 1 aromatic heterocycles. The highest BCUT2D eigenvalue weighted by Crippen LogP contribution is 2.32. The Morgan fingerprint density at radius 1 is 1.00 bits per heavy atom. The van der Waals surface area contributed by atoms with Crippen molar-refractivity contribution in [1.82, 2.24) is 9.97 Å². The first-order valence-corrected chi connectivity index (χ1v) is 9.80. The molecule has 0 fully saturated rings. The SMILES string of the molecule is CC(C)c1cc(Oc2cccc(F)c2)nc(SCc2cccc(C(F)(F)F)c2)n1. The molecule has 0 atom stereocenters. The molecule has 3 nitrogen and oxygen atoms in total. The molecule has 0 amide bonds. The molecule has 0 aliphatic heterocycles. The molecule has 0 unspecified atom stereocenters. The number of ether oxygens (including phenoxy) is 1. The average molecular weight is 422 g/mol. The highest BCUT2D eigenvalue weighted by molar-refractivity contribution is 7.98. The normalized spacial score (nSPS) is 11.7. The summed E-state index contributed by atoms with van der Waals surface area (Å²) in [6.45, 7) is 3.91. The van der Waals surface area contributed by atoms with Crippen LogP contribution in [-0.2, 0) is 11.9 Å². The third-order valence-electron chi connectivity index (χ3n) is 3.93. The second-order valence-electron chi connectivity index (χ2n) is 6.61. The second kappa shape index (κ2) is 8.82. The van der Waals surface area contributed by atoms with Gasteiger partial charge in [0.1, 0.15) is 11.6 Å². The van der Waals surface area contributed by atoms with Crippen molar-refractivity contribution in [3.63, 3.8) is 0 Å². The minimum Gasteiger partial charge on any atom is -0.439 e. The Kier molecular flexibility index (Phi) is 6.42. The molecule has 0 saturated carbocycles. The smallest absolute Gasteiger partial charge is 0.416 e. The quantitative estimate of drug-likeness (QED) is 0.247. The fraction of sp³-hybridized carbons (Fsp3) is 0.238. The number of hydrogen-bond donors (Lipinski definition) is 0. The molecule has 0 N–H and O–H groups in total. The highest BCUT2D eigenvalue weighted by Gasteiger charge is 2.30. The van der Waals surface area contributed by atoms with E-state index >= 15 is 0 Å². The van der Waals surface area contributed by atoms with E-state index < -0.39 is 17.6 Å². The van der Waals surface area contributed by atoms with E-state index in [0.29, 0.717) is 16.5 Å². The van der Waals surface area contributed by atoms with E-state index in [1.54, 1.807) is 18.2 Å². The van der Waals surface area contributed by atoms with Crippen molar-refractivity contribution in [3.8, 4) is 11.6 Å². The number of benzene rings is 2. The van der Waals surface area contributed by atoms with E-state index in [1.807, 2.05) is 13.8 Å². The van der Waals surface area contributed by atoms with Gasteiger partial charge < -0.3 is 4.74 Å². The van der Waals surface area contributed by atoms with Gasteiger partial charge in [-0.3, -0.25) is 0 Å². The summed E-state index contributed by atoms with van der Waals surface area (Å²) in [5, 5.41) is 0.375. The third-order valence-corrected chi connectivity index (χ3v) is 4.85. The van der Waals surface area contributed by atoms with Crippen LogP contribution >= 0.6 is 11.8 Å². The van der Waals surface area contributed by atoms with Crippen LogP contribution < -0.4 is 4.74 Å². The zero-order valence-electron chi connectivity index (χ0n) is 15.7. The molecule has 29 heavy (non-hydrogen) atoms. The minimum atomic E-state index is -4.39. The van der Waals surface area contributed by atoms with Crippen molar-refractivity contribution < 1.29 is 22.3 Å². The largest absolute Gasteiger partial charge is 0.439 e. The second-order valence-corrected chi connectivity index (χ2v) is 7.56. The summed E-state index contributed by atoms with van der Waals surface area (Å²) in [5.74, 6) is 0.471. The van der Waals surface area contributed by atoms with E-state index in [2.05, 4.69) is 9.97 Å². The van der Waals surface area contributed by atoms with Crippen LogP contribution in [0.4, 0.5) is 17.6 Å². The molecule has 0 spiro atoms. The van der Waals surface area contributed by atoms with Gasteiger partial charge in [0.25, 0.3) is 0 Å². The summed E-state index contributed by atoms with van der Waals surface area (Å²) in [6.07, 6.45) is -4.39. The fourth-order valence-electron chi connectivity index (χ4n) is 2.47. The van der Waals surface area contributed by atoms with E-state index in [-0.39, 0.29) is 17.6 Å². The Hall–Kier alpha value is -2.61. The molecule has 0 aliphatic carbocycles. The summed E-state index contributed by atoms with van der Waals surface area (Å²) in [7, 11) is 0. The standard InChI is InChI=1S/C21H18F4N2OS/c1-13(2)18-11-19(28-17-8-4-7-16(22)10-17)27-20(26-18)29-12-14-5-3-6-15(9-14)21(23,24)25/h3-11,13H,12H2,1-2H3. The third kappa shape index (κ3) is 5.93. The molecule has 8 heteroatoms. The molecule has 3 aromatic rings. The van der Waals surface area contributed by atoms with Crippen molar-refractivity contribution in [3.05, 3.63) is 77.2 Å². The first-order chi connectivity index (χ1) is 13.7. The average Bonchev–Trinajstić information content (AvgIpc) is 2.66. The summed E-state index contributed by atoms with van der Waals surface area (Å²) in [6, 6.07) is 12.5. The maximum Gasteiger partial charge on any atom is 0.416 e. The lowest BCUT2D eigenvalue weighted by atomic mass is 10.1. The zero-order valence-corrected chi connectivity index (χ0v) is 16.5. The van der Waals surface area contributed by atoms with Gasteiger partial charge in [-0.05, 0) is 29.7 Å². The Balaban J connectivity index is 1.81. The first-order valence-electron chi connectivity index (χ1n) is 8.82. The monoisotopic (exact) mass is 422 g/mol. The van der Waals surface area contributed by atoms with E-state index in [1.165, 1.54) is 36.0 Å². The molecule has 0 bridgehead atoms. The Morgan fingerprint density at radius 2 is 1.76 bits per heavy atom. The van der Waals surface area contributed by atoms with E-state index in [4.69, 9.17) is 4.74 Å². The summed E-state index contributed by atoms with van der Waals surface area (Å²) < 4.78 is 57.7. The van der Waals surface area contributed by atoms with Gasteiger partial charge in [-0.1, -0.05) is 49.9 Å². The molecule has 0 radical (unpaired) electrons. The fourth-order valence-corrected chi connectivity index (χ4v) is 3.27. The van der Waals surface area contributed by atoms with Gasteiger partial charge in [0.2, 0.25) is 5.88 Å². The summed E-state index contributed by atoms with van der Waals surface area (Å²) >= 11 is 1.21. The zero-order chi connectivity index (χ0) is 21.0. The number of rotatable bonds is 6. The van der Waals surface area contributed by atoms with Crippen LogP contribution in [0.25, 0.3) is 0 Å². The van der Waals surface area contributed by atoms with Gasteiger partial charge >= 0.3 is 6.18 Å². The minimum absolute atomic E-state index is 0.0840. The lowest BCUT2D eigenvalue weighted by molar-refractivity contribution is -0.137. The predicted octanol–water partition coefficient (Wildman–Crippen LogP) is 6.84. The molecule has 2 aromatic carbocycles. The molecule has 152 valence electrons. The van der Waals surface area contributed by atoms with E-state index in [0.717, 1.165) is 17.8 Å². The van der Waals surface area contributed by atoms with Crippen LogP contribution in [0.15, 0.2) is 59.8 Å². The number of hydrogen-bond acceptors (Lipinski definition) is 4. The maximum absolute atomic E-state index is 13.4. The van der Waals surface area contributed by atoms with Gasteiger partial charge in [0.05, 0.1) is 11.3 Å². The number of halogens is 4. The first kappa shape index (κ1) is 21.1. The summed E-state index contributed by atoms with van der Waals surface area (Å²) in [5.41, 5.74) is 0.538. The van der Waals surface area contributed by atoms with Crippen molar-refractivity contribution in [2.75, 3.05) is 0 Å². The van der Waals surface area contributed by atoms with Gasteiger partial charge in [-0.15, -0.1) is 0 Å². The molecular formula is C21H18F4N2OS. The Bertz CT molecular complexity index is 992. The molecule has 1 heterocycles. The van der Waals surface area contributed by atoms with Crippen LogP contribution in [0, 0.1) is 5.82 Å². The highest BCUT2D eigenvalue weighted by atomic mass is 32.2. The van der Waals surface area contributed by atoms with Crippen LogP contribution in [-0.4, -0.2) is 9.97 Å². The van der Waals surface area contributed by atoms with Gasteiger partial charge in [-0.2, -0.15) is 18.2 Å². The van der Waals surface area contributed by atoms with Crippen LogP contribution in [0.2, 0.25) is 0 Å². The predicted molar refractivity (Wildman–Crippen MR) is 104 cm³/mol. The van der Waals surface area contributed by atoms with Crippen molar-refractivity contribution in [2.24, 2.45) is 0 Å². The van der Waals surface area contributed by atoms with E-state index in [9.17, 15) is 17.6 Å². The summed E-state index contributed by atoms with van der Waals surface area (Å²) in [4.78, 5) is 8.77. The van der Waals surface area contributed by atoms with Gasteiger partial charge in [0.15, 0.2) is 5.16 Å². The maximum atomic E-state index is 13.4. The lowest BCUT2D eigenvalue weighted by Gasteiger charge is -2.11. The van der Waals surface area contributed by atoms with Crippen LogP contribution in [0.1, 0.15) is 36.6 Å². The van der Waals surface area contributed by atoms with Gasteiger partial charge in [-0.25, -0.2) is 9.37 Å². The van der Waals surface area contributed by atoms with Crippen molar-refractivity contribution in [2.45, 2.75) is 36.9 Å². The van der Waals surface area contributed by atoms with Crippen LogP contribution in [0.5, 0.6) is 11.6 Å². The van der Waals surface area contributed by atoms with Crippen molar-refractivity contribution >= 4 is 11.8 Å². The molecule has 3 rings (SSSR count). The lowest BCUT2D eigenvalue weighted by Crippen LogP contribution is -2.05. The molecule has 0 saturated heterocycles. The number of alkyl halides is 3. The number of aromatic nitrogens is 2. The Morgan fingerprint density at radius 3 is 2.45 bits per heavy atom.